The molecule has 1 amide bonds. The largest absolute Gasteiger partial charge is 0.348 e. The summed E-state index contributed by atoms with van der Waals surface area (Å²) in [6, 6.07) is 16.6. The summed E-state index contributed by atoms with van der Waals surface area (Å²) in [7, 11) is 0. The van der Waals surface area contributed by atoms with E-state index in [9.17, 15) is 9.59 Å². The molecule has 1 fully saturated rings. The first-order valence-electron chi connectivity index (χ1n) is 8.50. The Morgan fingerprint density at radius 1 is 1.08 bits per heavy atom. The minimum atomic E-state index is -0.315. The summed E-state index contributed by atoms with van der Waals surface area (Å²) in [5.41, 5.74) is 1.35. The molecule has 4 heteroatoms. The lowest BCUT2D eigenvalue weighted by atomic mass is 9.65. The van der Waals surface area contributed by atoms with Crippen molar-refractivity contribution in [1.29, 1.82) is 0 Å². The Labute approximate surface area is 153 Å². The maximum Gasteiger partial charge on any atom is 0.251 e. The lowest BCUT2D eigenvalue weighted by Crippen LogP contribution is -2.52. The van der Waals surface area contributed by atoms with Crippen molar-refractivity contribution >= 4 is 23.3 Å². The highest BCUT2D eigenvalue weighted by molar-refractivity contribution is 6.30. The zero-order chi connectivity index (χ0) is 18.0. The lowest BCUT2D eigenvalue weighted by Gasteiger charge is -2.44. The number of rotatable bonds is 3. The summed E-state index contributed by atoms with van der Waals surface area (Å²) in [5.74, 6) is 0.0725. The van der Waals surface area contributed by atoms with Crippen LogP contribution < -0.4 is 5.32 Å². The van der Waals surface area contributed by atoms with Crippen LogP contribution in [0, 0.1) is 5.41 Å². The second kappa shape index (κ2) is 7.01. The minimum Gasteiger partial charge on any atom is -0.348 e. The summed E-state index contributed by atoms with van der Waals surface area (Å²) in [6.07, 6.45) is 0.904. The van der Waals surface area contributed by atoms with Gasteiger partial charge in [0.15, 0.2) is 0 Å². The number of ketones is 1. The molecule has 0 heterocycles. The van der Waals surface area contributed by atoms with Crippen LogP contribution in [0.25, 0.3) is 0 Å². The van der Waals surface area contributed by atoms with Crippen LogP contribution in [-0.4, -0.2) is 17.7 Å². The van der Waals surface area contributed by atoms with Crippen LogP contribution in [0.2, 0.25) is 5.02 Å². The molecule has 0 spiro atoms. The van der Waals surface area contributed by atoms with Crippen LogP contribution >= 0.6 is 11.6 Å². The van der Waals surface area contributed by atoms with E-state index in [0.717, 1.165) is 5.56 Å². The predicted octanol–water partition coefficient (Wildman–Crippen LogP) is 4.61. The monoisotopic (exact) mass is 355 g/mol. The second-order valence-electron chi connectivity index (χ2n) is 7.38. The van der Waals surface area contributed by atoms with Crippen LogP contribution in [0.3, 0.4) is 0 Å². The number of nitrogens with one attached hydrogen (secondary N) is 1. The second-order valence-corrected chi connectivity index (χ2v) is 7.82. The van der Waals surface area contributed by atoms with E-state index in [1.807, 2.05) is 56.3 Å². The van der Waals surface area contributed by atoms with Crippen molar-refractivity contribution in [1.82, 2.24) is 5.32 Å². The molecule has 0 aliphatic heterocycles. The van der Waals surface area contributed by atoms with Gasteiger partial charge in [-0.2, -0.15) is 0 Å². The van der Waals surface area contributed by atoms with Crippen LogP contribution in [0.1, 0.15) is 48.5 Å². The molecule has 25 heavy (non-hydrogen) atoms. The molecule has 2 aromatic rings. The third-order valence-electron chi connectivity index (χ3n) is 4.97. The van der Waals surface area contributed by atoms with Crippen LogP contribution in [0.15, 0.2) is 54.6 Å². The molecule has 3 nitrogen and oxygen atoms in total. The predicted molar refractivity (Wildman–Crippen MR) is 99.9 cm³/mol. The SMILES string of the molecule is CC1(C)CC(=O)C[C@H](c2ccc(Cl)cc2)[C@H]1NC(=O)c1ccccc1. The number of halogens is 1. The summed E-state index contributed by atoms with van der Waals surface area (Å²) < 4.78 is 0. The average Bonchev–Trinajstić information content (AvgIpc) is 2.58. The molecule has 3 rings (SSSR count). The van der Waals surface area contributed by atoms with E-state index in [1.54, 1.807) is 12.1 Å². The van der Waals surface area contributed by atoms with Gasteiger partial charge < -0.3 is 5.32 Å². The Hall–Kier alpha value is -2.13. The first kappa shape index (κ1) is 17.7. The van der Waals surface area contributed by atoms with Gasteiger partial charge in [0.2, 0.25) is 0 Å². The van der Waals surface area contributed by atoms with Gasteiger partial charge in [-0.05, 0) is 35.2 Å². The fourth-order valence-corrected chi connectivity index (χ4v) is 3.85. The standard InChI is InChI=1S/C21H22ClNO2/c1-21(2)13-17(24)12-18(14-8-10-16(22)11-9-14)19(21)23-20(25)15-6-4-3-5-7-15/h3-11,18-19H,12-13H2,1-2H3,(H,23,25)/t18-,19-/m1/s1. The molecule has 0 unspecified atom stereocenters. The molecule has 0 radical (unpaired) electrons. The van der Waals surface area contributed by atoms with E-state index in [2.05, 4.69) is 5.32 Å². The highest BCUT2D eigenvalue weighted by Gasteiger charge is 2.43. The van der Waals surface area contributed by atoms with E-state index in [-0.39, 0.29) is 29.1 Å². The molecule has 2 aromatic carbocycles. The van der Waals surface area contributed by atoms with Gasteiger partial charge in [-0.1, -0.05) is 55.8 Å². The molecule has 1 saturated carbocycles. The van der Waals surface area contributed by atoms with Crippen molar-refractivity contribution in [3.63, 3.8) is 0 Å². The van der Waals surface area contributed by atoms with Gasteiger partial charge >= 0.3 is 0 Å². The Morgan fingerprint density at radius 2 is 1.72 bits per heavy atom. The summed E-state index contributed by atoms with van der Waals surface area (Å²) >= 11 is 6.00. The average molecular weight is 356 g/mol. The number of carbonyl (C=O) groups excluding carboxylic acids is 2. The van der Waals surface area contributed by atoms with Crippen LogP contribution in [0.5, 0.6) is 0 Å². The molecule has 0 saturated heterocycles. The van der Waals surface area contributed by atoms with Crippen molar-refractivity contribution in [2.24, 2.45) is 5.41 Å². The zero-order valence-corrected chi connectivity index (χ0v) is 15.2. The smallest absolute Gasteiger partial charge is 0.251 e. The summed E-state index contributed by atoms with van der Waals surface area (Å²) in [5, 5.41) is 3.85. The number of carbonyl (C=O) groups is 2. The van der Waals surface area contributed by atoms with Gasteiger partial charge in [-0.25, -0.2) is 0 Å². The molecule has 130 valence electrons. The van der Waals surface area contributed by atoms with Crippen molar-refractivity contribution in [3.8, 4) is 0 Å². The van der Waals surface area contributed by atoms with Crippen molar-refractivity contribution in [2.75, 3.05) is 0 Å². The topological polar surface area (TPSA) is 46.2 Å². The molecular weight excluding hydrogens is 334 g/mol. The van der Waals surface area contributed by atoms with Crippen LogP contribution in [0.4, 0.5) is 0 Å². The number of hydrogen-bond donors (Lipinski definition) is 1. The number of amides is 1. The fourth-order valence-electron chi connectivity index (χ4n) is 3.73. The lowest BCUT2D eigenvalue weighted by molar-refractivity contribution is -0.124. The van der Waals surface area contributed by atoms with Gasteiger partial charge in [0, 0.05) is 35.4 Å². The molecule has 1 aliphatic rings. The van der Waals surface area contributed by atoms with Gasteiger partial charge in [-0.15, -0.1) is 0 Å². The van der Waals surface area contributed by atoms with Gasteiger partial charge in [0.1, 0.15) is 5.78 Å². The Morgan fingerprint density at radius 3 is 2.36 bits per heavy atom. The zero-order valence-electron chi connectivity index (χ0n) is 14.5. The van der Waals surface area contributed by atoms with Crippen molar-refractivity contribution in [3.05, 3.63) is 70.7 Å². The summed E-state index contributed by atoms with van der Waals surface area (Å²) in [4.78, 5) is 25.0. The van der Waals surface area contributed by atoms with Gasteiger partial charge in [0.25, 0.3) is 5.91 Å². The Kier molecular flexibility index (Phi) is 4.96. The van der Waals surface area contributed by atoms with E-state index in [4.69, 9.17) is 11.6 Å². The Bertz CT molecular complexity index is 768. The van der Waals surface area contributed by atoms with Crippen molar-refractivity contribution in [2.45, 2.75) is 38.6 Å². The summed E-state index contributed by atoms with van der Waals surface area (Å²) in [6.45, 7) is 4.09. The van der Waals surface area contributed by atoms with Crippen molar-refractivity contribution < 1.29 is 9.59 Å². The third kappa shape index (κ3) is 3.93. The number of Topliss-reactive ketones (excluding diaryl/α,β-unsaturated/α-hetero) is 1. The number of benzene rings is 2. The first-order valence-corrected chi connectivity index (χ1v) is 8.88. The molecule has 2 atom stereocenters. The van der Waals surface area contributed by atoms with E-state index in [0.29, 0.717) is 23.4 Å². The first-order chi connectivity index (χ1) is 11.9. The molecular formula is C21H22ClNO2. The van der Waals surface area contributed by atoms with E-state index >= 15 is 0 Å². The maximum absolute atomic E-state index is 12.7. The molecule has 1 N–H and O–H groups in total. The van der Waals surface area contributed by atoms with E-state index < -0.39 is 0 Å². The Balaban J connectivity index is 1.92. The molecule has 1 aliphatic carbocycles. The van der Waals surface area contributed by atoms with E-state index in [1.165, 1.54) is 0 Å². The normalized spacial score (nSPS) is 22.4. The third-order valence-corrected chi connectivity index (χ3v) is 5.22. The number of hydrogen-bond acceptors (Lipinski definition) is 2. The highest BCUT2D eigenvalue weighted by atomic mass is 35.5. The molecule has 0 bridgehead atoms. The maximum atomic E-state index is 12.7. The van der Waals surface area contributed by atoms with Crippen LogP contribution in [-0.2, 0) is 4.79 Å². The minimum absolute atomic E-state index is 0.0545. The molecule has 0 aromatic heterocycles. The highest BCUT2D eigenvalue weighted by Crippen LogP contribution is 2.42. The van der Waals surface area contributed by atoms with Gasteiger partial charge in [-0.3, -0.25) is 9.59 Å². The quantitative estimate of drug-likeness (QED) is 0.873. The fraction of sp³-hybridized carbons (Fsp3) is 0.333. The van der Waals surface area contributed by atoms with Gasteiger partial charge in [0.05, 0.1) is 0 Å².